The molecule has 6 heteroatoms. The molecule has 0 fully saturated rings. The molecule has 0 aliphatic carbocycles. The second-order valence-electron chi connectivity index (χ2n) is 2.80. The van der Waals surface area contributed by atoms with Crippen molar-refractivity contribution >= 4 is 0 Å². The summed E-state index contributed by atoms with van der Waals surface area (Å²) in [5.41, 5.74) is -0.441. The molecular weight excluding hydrogens is 228 g/mol. The largest absolute Gasteiger partial charge is 0.573 e. The maximum absolute atomic E-state index is 13.0. The van der Waals surface area contributed by atoms with Crippen LogP contribution < -0.4 is 4.74 Å². The third-order valence-corrected chi connectivity index (χ3v) is 1.65. The van der Waals surface area contributed by atoms with Gasteiger partial charge in [-0.2, -0.15) is 0 Å². The molecule has 0 saturated heterocycles. The van der Waals surface area contributed by atoms with Crippen molar-refractivity contribution in [3.05, 3.63) is 29.6 Å². The van der Waals surface area contributed by atoms with E-state index < -0.39 is 29.6 Å². The molecule has 0 heterocycles. The third-order valence-electron chi connectivity index (χ3n) is 1.65. The van der Waals surface area contributed by atoms with Gasteiger partial charge in [-0.25, -0.2) is 4.39 Å². The fraction of sp³-hybridized carbons (Fsp3) is 0.200. The molecule has 1 aromatic rings. The molecule has 0 radical (unpaired) electrons. The average Bonchev–Trinajstić information content (AvgIpc) is 2.18. The molecule has 0 aliphatic rings. The molecule has 0 bridgehead atoms. The van der Waals surface area contributed by atoms with Crippen LogP contribution in [0.15, 0.2) is 18.2 Å². The lowest BCUT2D eigenvalue weighted by Gasteiger charge is -2.11. The van der Waals surface area contributed by atoms with E-state index in [0.29, 0.717) is 6.07 Å². The van der Waals surface area contributed by atoms with E-state index in [9.17, 15) is 17.6 Å². The molecule has 1 aromatic carbocycles. The fourth-order valence-corrected chi connectivity index (χ4v) is 1.02. The SMILES string of the molecule is C#CC(O)c1cc(OC(F)(F)F)ccc1F. The molecule has 1 rings (SSSR count). The highest BCUT2D eigenvalue weighted by Gasteiger charge is 2.31. The molecule has 1 unspecified atom stereocenters. The second kappa shape index (κ2) is 4.41. The first-order valence-corrected chi connectivity index (χ1v) is 4.03. The first-order valence-electron chi connectivity index (χ1n) is 4.03. The summed E-state index contributed by atoms with van der Waals surface area (Å²) >= 11 is 0. The minimum atomic E-state index is -4.88. The van der Waals surface area contributed by atoms with Gasteiger partial charge in [-0.3, -0.25) is 0 Å². The zero-order valence-electron chi connectivity index (χ0n) is 7.75. The van der Waals surface area contributed by atoms with Crippen LogP contribution in [-0.2, 0) is 0 Å². The van der Waals surface area contributed by atoms with Crippen LogP contribution in [0.2, 0.25) is 0 Å². The van der Waals surface area contributed by atoms with Crippen molar-refractivity contribution in [2.24, 2.45) is 0 Å². The van der Waals surface area contributed by atoms with Gasteiger partial charge in [0.25, 0.3) is 0 Å². The average molecular weight is 234 g/mol. The zero-order chi connectivity index (χ0) is 12.3. The first-order chi connectivity index (χ1) is 7.33. The highest BCUT2D eigenvalue weighted by Crippen LogP contribution is 2.27. The topological polar surface area (TPSA) is 29.5 Å². The van der Waals surface area contributed by atoms with Gasteiger partial charge >= 0.3 is 6.36 Å². The van der Waals surface area contributed by atoms with Crippen molar-refractivity contribution in [2.45, 2.75) is 12.5 Å². The molecule has 16 heavy (non-hydrogen) atoms. The van der Waals surface area contributed by atoms with Crippen molar-refractivity contribution in [1.82, 2.24) is 0 Å². The summed E-state index contributed by atoms with van der Waals surface area (Å²) < 4.78 is 52.1. The molecule has 1 N–H and O–H groups in total. The van der Waals surface area contributed by atoms with Crippen LogP contribution >= 0.6 is 0 Å². The second-order valence-corrected chi connectivity index (χ2v) is 2.80. The van der Waals surface area contributed by atoms with Crippen LogP contribution in [0, 0.1) is 18.2 Å². The van der Waals surface area contributed by atoms with Crippen molar-refractivity contribution in [3.63, 3.8) is 0 Å². The maximum atomic E-state index is 13.0. The van der Waals surface area contributed by atoms with Gasteiger partial charge in [0.1, 0.15) is 17.7 Å². The van der Waals surface area contributed by atoms with E-state index in [-0.39, 0.29) is 0 Å². The van der Waals surface area contributed by atoms with Gasteiger partial charge in [0.15, 0.2) is 0 Å². The Morgan fingerprint density at radius 2 is 2.00 bits per heavy atom. The van der Waals surface area contributed by atoms with Gasteiger partial charge in [0.05, 0.1) is 0 Å². The number of hydrogen-bond donors (Lipinski definition) is 1. The van der Waals surface area contributed by atoms with Gasteiger partial charge in [0.2, 0.25) is 0 Å². The van der Waals surface area contributed by atoms with Crippen LogP contribution in [0.1, 0.15) is 11.7 Å². The van der Waals surface area contributed by atoms with Crippen molar-refractivity contribution < 1.29 is 27.4 Å². The monoisotopic (exact) mass is 234 g/mol. The van der Waals surface area contributed by atoms with E-state index in [4.69, 9.17) is 11.5 Å². The molecule has 0 amide bonds. The van der Waals surface area contributed by atoms with Crippen LogP contribution in [-0.4, -0.2) is 11.5 Å². The lowest BCUT2D eigenvalue weighted by atomic mass is 10.1. The Morgan fingerprint density at radius 1 is 1.38 bits per heavy atom. The number of alkyl halides is 3. The van der Waals surface area contributed by atoms with Crippen LogP contribution in [0.5, 0.6) is 5.75 Å². The molecule has 2 nitrogen and oxygen atoms in total. The van der Waals surface area contributed by atoms with E-state index in [0.717, 1.165) is 12.1 Å². The number of aliphatic hydroxyl groups excluding tert-OH is 1. The number of ether oxygens (including phenoxy) is 1. The van der Waals surface area contributed by atoms with Gasteiger partial charge < -0.3 is 9.84 Å². The number of hydrogen-bond acceptors (Lipinski definition) is 2. The summed E-state index contributed by atoms with van der Waals surface area (Å²) in [6.07, 6.45) is -1.67. The number of benzene rings is 1. The smallest absolute Gasteiger partial charge is 0.406 e. The predicted molar refractivity (Wildman–Crippen MR) is 46.9 cm³/mol. The molecule has 0 aliphatic heterocycles. The van der Waals surface area contributed by atoms with Crippen molar-refractivity contribution in [3.8, 4) is 18.1 Å². The Balaban J connectivity index is 3.04. The van der Waals surface area contributed by atoms with E-state index >= 15 is 0 Å². The van der Waals surface area contributed by atoms with Gasteiger partial charge in [-0.1, -0.05) is 5.92 Å². The number of halogens is 4. The van der Waals surface area contributed by atoms with E-state index in [2.05, 4.69) is 4.74 Å². The summed E-state index contributed by atoms with van der Waals surface area (Å²) in [4.78, 5) is 0. The van der Waals surface area contributed by atoms with Crippen LogP contribution in [0.3, 0.4) is 0 Å². The van der Waals surface area contributed by atoms with Crippen LogP contribution in [0.4, 0.5) is 17.6 Å². The first kappa shape index (κ1) is 12.3. The Labute approximate surface area is 88.5 Å². The molecule has 0 aromatic heterocycles. The van der Waals surface area contributed by atoms with Gasteiger partial charge in [0, 0.05) is 5.56 Å². The van der Waals surface area contributed by atoms with E-state index in [1.807, 2.05) is 0 Å². The molecule has 86 valence electrons. The summed E-state index contributed by atoms with van der Waals surface area (Å²) in [6, 6.07) is 2.22. The molecule has 1 atom stereocenters. The Kier molecular flexibility index (Phi) is 3.40. The third kappa shape index (κ3) is 3.14. The van der Waals surface area contributed by atoms with E-state index in [1.165, 1.54) is 0 Å². The lowest BCUT2D eigenvalue weighted by molar-refractivity contribution is -0.274. The standard InChI is InChI=1S/C10H6F4O2/c1-2-9(15)7-5-6(3-4-8(7)11)16-10(12,13)14/h1,3-5,9,15H. The quantitative estimate of drug-likeness (QED) is 0.628. The van der Waals surface area contributed by atoms with Gasteiger partial charge in [-0.05, 0) is 18.2 Å². The van der Waals surface area contributed by atoms with Crippen molar-refractivity contribution in [2.75, 3.05) is 0 Å². The molecule has 0 spiro atoms. The summed E-state index contributed by atoms with van der Waals surface area (Å²) in [5, 5.41) is 9.12. The summed E-state index contributed by atoms with van der Waals surface area (Å²) in [7, 11) is 0. The Morgan fingerprint density at radius 3 is 2.50 bits per heavy atom. The highest BCUT2D eigenvalue weighted by molar-refractivity contribution is 5.34. The summed E-state index contributed by atoms with van der Waals surface area (Å²) in [6.45, 7) is 0. The normalized spacial score (nSPS) is 13.0. The summed E-state index contributed by atoms with van der Waals surface area (Å²) in [5.74, 6) is 0.247. The minimum Gasteiger partial charge on any atom is -0.406 e. The van der Waals surface area contributed by atoms with Crippen LogP contribution in [0.25, 0.3) is 0 Å². The number of terminal acetylenes is 1. The molecular formula is C10H6F4O2. The highest BCUT2D eigenvalue weighted by atomic mass is 19.4. The van der Waals surface area contributed by atoms with Gasteiger partial charge in [-0.15, -0.1) is 19.6 Å². The minimum absolute atomic E-state index is 0.441. The van der Waals surface area contributed by atoms with E-state index in [1.54, 1.807) is 5.92 Å². The number of rotatable bonds is 2. The number of aliphatic hydroxyl groups is 1. The van der Waals surface area contributed by atoms with Crippen molar-refractivity contribution in [1.29, 1.82) is 0 Å². The Hall–Kier alpha value is -1.74. The zero-order valence-corrected chi connectivity index (χ0v) is 7.75. The Bertz CT molecular complexity index is 420. The lowest BCUT2D eigenvalue weighted by Crippen LogP contribution is -2.17. The fourth-order valence-electron chi connectivity index (χ4n) is 1.02. The maximum Gasteiger partial charge on any atom is 0.573 e. The molecule has 0 saturated carbocycles. The predicted octanol–water partition coefficient (Wildman–Crippen LogP) is 2.39.